The fourth-order valence-electron chi connectivity index (χ4n) is 5.52. The summed E-state index contributed by atoms with van der Waals surface area (Å²) >= 11 is 0. The maximum absolute atomic E-state index is 9.83. The van der Waals surface area contributed by atoms with Crippen molar-refractivity contribution in [3.63, 3.8) is 0 Å². The number of rotatable bonds is 2. The average molecular weight is 304 g/mol. The van der Waals surface area contributed by atoms with Crippen molar-refractivity contribution in [3.8, 4) is 0 Å². The van der Waals surface area contributed by atoms with Gasteiger partial charge in [0, 0.05) is 12.8 Å². The van der Waals surface area contributed by atoms with Crippen molar-refractivity contribution < 1.29 is 10.2 Å². The Hall–Kier alpha value is -0.600. The Labute approximate surface area is 135 Å². The van der Waals surface area contributed by atoms with Crippen molar-refractivity contribution >= 4 is 0 Å². The zero-order valence-corrected chi connectivity index (χ0v) is 14.3. The highest BCUT2D eigenvalue weighted by atomic mass is 16.5. The summed E-state index contributed by atoms with van der Waals surface area (Å²) in [5, 5.41) is 19.7. The zero-order chi connectivity index (χ0) is 15.8. The number of aliphatic hydroxyl groups is 2. The second-order valence-corrected chi connectivity index (χ2v) is 8.17. The Morgan fingerprint density at radius 2 is 1.86 bits per heavy atom. The van der Waals surface area contributed by atoms with Gasteiger partial charge in [-0.15, -0.1) is 0 Å². The van der Waals surface area contributed by atoms with Gasteiger partial charge in [-0.25, -0.2) is 0 Å². The lowest BCUT2D eigenvalue weighted by atomic mass is 9.63. The molecule has 0 saturated heterocycles. The molecule has 0 aromatic carbocycles. The van der Waals surface area contributed by atoms with E-state index < -0.39 is 5.79 Å². The van der Waals surface area contributed by atoms with E-state index in [1.165, 1.54) is 44.1 Å². The van der Waals surface area contributed by atoms with Gasteiger partial charge >= 0.3 is 0 Å². The van der Waals surface area contributed by atoms with E-state index in [1.807, 2.05) is 0 Å². The molecule has 124 valence electrons. The van der Waals surface area contributed by atoms with Crippen molar-refractivity contribution in [2.24, 2.45) is 17.3 Å². The lowest BCUT2D eigenvalue weighted by molar-refractivity contribution is -0.170. The molecule has 3 saturated carbocycles. The molecule has 0 heterocycles. The SMILES string of the molecule is CC[C@H]1CC[C@H]2/C(=C/C=C3/CCCC(O)(O)C3)CCC[C@]12C. The van der Waals surface area contributed by atoms with E-state index in [0.29, 0.717) is 18.3 Å². The molecule has 2 N–H and O–H groups in total. The minimum atomic E-state index is -1.47. The van der Waals surface area contributed by atoms with Gasteiger partial charge in [-0.2, -0.15) is 0 Å². The van der Waals surface area contributed by atoms with Gasteiger partial charge < -0.3 is 10.2 Å². The van der Waals surface area contributed by atoms with E-state index in [4.69, 9.17) is 0 Å². The Morgan fingerprint density at radius 1 is 1.09 bits per heavy atom. The van der Waals surface area contributed by atoms with Gasteiger partial charge in [0.15, 0.2) is 5.79 Å². The van der Waals surface area contributed by atoms with Crippen LogP contribution >= 0.6 is 0 Å². The molecule has 2 heteroatoms. The molecule has 3 aliphatic rings. The number of hydrogen-bond donors (Lipinski definition) is 2. The molecular formula is C20H32O2. The lowest BCUT2D eigenvalue weighted by Gasteiger charge is -2.42. The van der Waals surface area contributed by atoms with Gasteiger partial charge in [0.25, 0.3) is 0 Å². The maximum Gasteiger partial charge on any atom is 0.166 e. The third-order valence-corrected chi connectivity index (χ3v) is 6.77. The minimum Gasteiger partial charge on any atom is -0.365 e. The third kappa shape index (κ3) is 3.05. The summed E-state index contributed by atoms with van der Waals surface area (Å²) in [5.74, 6) is 0.190. The van der Waals surface area contributed by atoms with E-state index >= 15 is 0 Å². The summed E-state index contributed by atoms with van der Waals surface area (Å²) in [6.45, 7) is 4.87. The first kappa shape index (κ1) is 16.3. The smallest absolute Gasteiger partial charge is 0.166 e. The predicted octanol–water partition coefficient (Wildman–Crippen LogP) is 4.72. The van der Waals surface area contributed by atoms with Crippen LogP contribution in [0.2, 0.25) is 0 Å². The second kappa shape index (κ2) is 6.13. The van der Waals surface area contributed by atoms with Gasteiger partial charge in [0.05, 0.1) is 0 Å². The molecule has 0 aromatic heterocycles. The van der Waals surface area contributed by atoms with E-state index in [-0.39, 0.29) is 0 Å². The van der Waals surface area contributed by atoms with Crippen LogP contribution in [0.25, 0.3) is 0 Å². The number of allylic oxidation sites excluding steroid dienone is 3. The second-order valence-electron chi connectivity index (χ2n) is 8.17. The van der Waals surface area contributed by atoms with Crippen molar-refractivity contribution in [1.82, 2.24) is 0 Å². The maximum atomic E-state index is 9.83. The number of fused-ring (bicyclic) bond motifs is 1. The van der Waals surface area contributed by atoms with Crippen LogP contribution in [-0.4, -0.2) is 16.0 Å². The first-order chi connectivity index (χ1) is 10.4. The monoisotopic (exact) mass is 304 g/mol. The lowest BCUT2D eigenvalue weighted by Crippen LogP contribution is -2.33. The minimum absolute atomic E-state index is 0.427. The highest BCUT2D eigenvalue weighted by Crippen LogP contribution is 2.58. The molecule has 22 heavy (non-hydrogen) atoms. The molecule has 0 unspecified atom stereocenters. The van der Waals surface area contributed by atoms with Gasteiger partial charge in [-0.05, 0) is 62.2 Å². The molecule has 3 atom stereocenters. The number of hydrogen-bond acceptors (Lipinski definition) is 2. The molecule has 0 aromatic rings. The summed E-state index contributed by atoms with van der Waals surface area (Å²) in [6.07, 6.45) is 15.4. The molecule has 3 fully saturated rings. The molecule has 0 spiro atoms. The van der Waals surface area contributed by atoms with Gasteiger partial charge in [-0.1, -0.05) is 43.6 Å². The normalized spacial score (nSPS) is 41.8. The van der Waals surface area contributed by atoms with Crippen LogP contribution in [0.3, 0.4) is 0 Å². The molecule has 0 aliphatic heterocycles. The van der Waals surface area contributed by atoms with Crippen LogP contribution in [0.5, 0.6) is 0 Å². The fourth-order valence-corrected chi connectivity index (χ4v) is 5.52. The van der Waals surface area contributed by atoms with Crippen molar-refractivity contribution in [1.29, 1.82) is 0 Å². The summed E-state index contributed by atoms with van der Waals surface area (Å²) in [7, 11) is 0. The van der Waals surface area contributed by atoms with Gasteiger partial charge in [0.1, 0.15) is 0 Å². The van der Waals surface area contributed by atoms with Crippen LogP contribution in [0.4, 0.5) is 0 Å². The first-order valence-electron chi connectivity index (χ1n) is 9.28. The van der Waals surface area contributed by atoms with Gasteiger partial charge in [0.2, 0.25) is 0 Å². The highest BCUT2D eigenvalue weighted by Gasteiger charge is 2.48. The topological polar surface area (TPSA) is 40.5 Å². The molecule has 0 radical (unpaired) electrons. The van der Waals surface area contributed by atoms with E-state index in [1.54, 1.807) is 5.57 Å². The molecular weight excluding hydrogens is 272 g/mol. The Morgan fingerprint density at radius 3 is 2.59 bits per heavy atom. The molecule has 0 amide bonds. The van der Waals surface area contributed by atoms with Gasteiger partial charge in [-0.3, -0.25) is 0 Å². The largest absolute Gasteiger partial charge is 0.365 e. The zero-order valence-electron chi connectivity index (χ0n) is 14.3. The summed E-state index contributed by atoms with van der Waals surface area (Å²) in [5.41, 5.74) is 3.35. The molecule has 0 bridgehead atoms. The highest BCUT2D eigenvalue weighted by molar-refractivity contribution is 5.25. The van der Waals surface area contributed by atoms with Crippen LogP contribution in [0, 0.1) is 17.3 Å². The summed E-state index contributed by atoms with van der Waals surface area (Å²) < 4.78 is 0. The van der Waals surface area contributed by atoms with Crippen molar-refractivity contribution in [2.75, 3.05) is 0 Å². The van der Waals surface area contributed by atoms with Crippen molar-refractivity contribution in [3.05, 3.63) is 23.3 Å². The Balaban J connectivity index is 1.77. The van der Waals surface area contributed by atoms with Crippen LogP contribution in [0.1, 0.15) is 78.1 Å². The standard InChI is InChI=1S/C20H32O2/c1-3-17-10-11-18-16(7-5-12-19(17,18)2)9-8-15-6-4-13-20(21,22)14-15/h8-9,17-18,21-22H,3-7,10-14H2,1-2H3/b15-8-,16-9+/t17-,18-,19+/m0/s1. The molecule has 3 aliphatic carbocycles. The van der Waals surface area contributed by atoms with E-state index in [2.05, 4.69) is 26.0 Å². The van der Waals surface area contributed by atoms with Crippen LogP contribution in [0.15, 0.2) is 23.3 Å². The average Bonchev–Trinajstić information content (AvgIpc) is 2.81. The summed E-state index contributed by atoms with van der Waals surface area (Å²) in [6, 6.07) is 0. The predicted molar refractivity (Wildman–Crippen MR) is 90.3 cm³/mol. The van der Waals surface area contributed by atoms with E-state index in [0.717, 1.165) is 24.7 Å². The third-order valence-electron chi connectivity index (χ3n) is 6.77. The van der Waals surface area contributed by atoms with Crippen molar-refractivity contribution in [2.45, 2.75) is 83.8 Å². The Bertz CT molecular complexity index is 474. The quantitative estimate of drug-likeness (QED) is 0.725. The van der Waals surface area contributed by atoms with Crippen LogP contribution < -0.4 is 0 Å². The first-order valence-corrected chi connectivity index (χ1v) is 9.28. The van der Waals surface area contributed by atoms with Crippen LogP contribution in [-0.2, 0) is 0 Å². The summed E-state index contributed by atoms with van der Waals surface area (Å²) in [4.78, 5) is 0. The van der Waals surface area contributed by atoms with E-state index in [9.17, 15) is 10.2 Å². The fraction of sp³-hybridized carbons (Fsp3) is 0.800. The Kier molecular flexibility index (Phi) is 4.53. The molecule has 3 rings (SSSR count). The molecule has 2 nitrogen and oxygen atoms in total.